The third-order valence-corrected chi connectivity index (χ3v) is 5.82. The molecule has 1 N–H and O–H groups in total. The van der Waals surface area contributed by atoms with Gasteiger partial charge in [-0.05, 0) is 31.4 Å². The van der Waals surface area contributed by atoms with Gasteiger partial charge in [-0.2, -0.15) is 0 Å². The molecule has 0 saturated carbocycles. The average molecular weight is 372 g/mol. The molecular formula is C19H20N2O4S. The number of Topliss-reactive ketones (excluding diaryl/α,β-unsaturated/α-hetero) is 1. The summed E-state index contributed by atoms with van der Waals surface area (Å²) in [7, 11) is 0. The van der Waals surface area contributed by atoms with E-state index in [9.17, 15) is 19.5 Å². The molecule has 0 amide bonds. The molecule has 0 atom stereocenters. The van der Waals surface area contributed by atoms with Gasteiger partial charge in [-0.1, -0.05) is 30.3 Å². The maximum absolute atomic E-state index is 12.8. The molecule has 1 aromatic carbocycles. The average Bonchev–Trinajstić information content (AvgIpc) is 2.97. The van der Waals surface area contributed by atoms with Gasteiger partial charge >= 0.3 is 5.69 Å². The van der Waals surface area contributed by atoms with Crippen LogP contribution in [0.5, 0.6) is 0 Å². The van der Waals surface area contributed by atoms with Crippen molar-refractivity contribution in [1.29, 1.82) is 0 Å². The van der Waals surface area contributed by atoms with Crippen LogP contribution in [0.4, 0.5) is 0 Å². The lowest BCUT2D eigenvalue weighted by molar-refractivity contribution is 0.102. The predicted octanol–water partition coefficient (Wildman–Crippen LogP) is 1.97. The molecule has 26 heavy (non-hydrogen) atoms. The minimum Gasteiger partial charge on any atom is -0.395 e. The van der Waals surface area contributed by atoms with Gasteiger partial charge in [-0.15, -0.1) is 11.3 Å². The first-order valence-electron chi connectivity index (χ1n) is 8.38. The Balaban J connectivity index is 2.22. The minimum atomic E-state index is -0.455. The Labute approximate surface area is 154 Å². The van der Waals surface area contributed by atoms with Gasteiger partial charge in [0.25, 0.3) is 5.56 Å². The summed E-state index contributed by atoms with van der Waals surface area (Å²) in [5.41, 5.74) is 0.773. The van der Waals surface area contributed by atoms with Crippen LogP contribution in [0.2, 0.25) is 0 Å². The maximum Gasteiger partial charge on any atom is 0.332 e. The van der Waals surface area contributed by atoms with Gasteiger partial charge in [0, 0.05) is 6.54 Å². The molecule has 3 rings (SSSR count). The van der Waals surface area contributed by atoms with Crippen molar-refractivity contribution in [3.63, 3.8) is 0 Å². The van der Waals surface area contributed by atoms with Crippen LogP contribution in [0.25, 0.3) is 10.2 Å². The largest absolute Gasteiger partial charge is 0.395 e. The van der Waals surface area contributed by atoms with Gasteiger partial charge in [-0.3, -0.25) is 18.7 Å². The molecule has 0 radical (unpaired) electrons. The quantitative estimate of drug-likeness (QED) is 0.671. The van der Waals surface area contributed by atoms with E-state index in [2.05, 4.69) is 0 Å². The first kappa shape index (κ1) is 18.3. The summed E-state index contributed by atoms with van der Waals surface area (Å²) in [6.07, 6.45) is 0.625. The Kier molecular flexibility index (Phi) is 5.20. The highest BCUT2D eigenvalue weighted by atomic mass is 32.1. The minimum absolute atomic E-state index is 0.0658. The standard InChI is InChI=1S/C19H20N2O4S/c1-12-15-17(24)20(10-11-22)19(25)21(18(15)26-16(12)13(2)23)9-8-14-6-4-3-5-7-14/h3-7,22H,8-11H2,1-2H3. The molecule has 0 fully saturated rings. The molecule has 0 aliphatic rings. The van der Waals surface area contributed by atoms with E-state index in [4.69, 9.17) is 0 Å². The van der Waals surface area contributed by atoms with Crippen LogP contribution in [0.3, 0.4) is 0 Å². The molecule has 0 unspecified atom stereocenters. The zero-order chi connectivity index (χ0) is 18.8. The molecule has 2 aromatic heterocycles. The van der Waals surface area contributed by atoms with Crippen LogP contribution in [-0.2, 0) is 19.5 Å². The highest BCUT2D eigenvalue weighted by molar-refractivity contribution is 7.20. The van der Waals surface area contributed by atoms with E-state index >= 15 is 0 Å². The molecule has 0 saturated heterocycles. The van der Waals surface area contributed by atoms with E-state index in [1.807, 2.05) is 30.3 Å². The van der Waals surface area contributed by atoms with Crippen molar-refractivity contribution in [2.45, 2.75) is 33.4 Å². The van der Waals surface area contributed by atoms with E-state index < -0.39 is 11.2 Å². The van der Waals surface area contributed by atoms with Gasteiger partial charge in [0.05, 0.1) is 23.4 Å². The van der Waals surface area contributed by atoms with Crippen molar-refractivity contribution in [2.75, 3.05) is 6.61 Å². The second kappa shape index (κ2) is 7.39. The lowest BCUT2D eigenvalue weighted by atomic mass is 10.1. The topological polar surface area (TPSA) is 81.3 Å². The molecule has 0 bridgehead atoms. The summed E-state index contributed by atoms with van der Waals surface area (Å²) in [5.74, 6) is -0.126. The molecule has 3 aromatic rings. The molecule has 0 spiro atoms. The predicted molar refractivity (Wildman–Crippen MR) is 102 cm³/mol. The third-order valence-electron chi connectivity index (χ3n) is 4.40. The number of ketones is 1. The number of nitrogens with zero attached hydrogens (tertiary/aromatic N) is 2. The summed E-state index contributed by atoms with van der Waals surface area (Å²) >= 11 is 1.19. The SMILES string of the molecule is CC(=O)c1sc2c(c1C)c(=O)n(CCO)c(=O)n2CCc1ccccc1. The van der Waals surface area contributed by atoms with Crippen molar-refractivity contribution in [3.05, 3.63) is 67.2 Å². The number of aliphatic hydroxyl groups excluding tert-OH is 1. The van der Waals surface area contributed by atoms with Crippen LogP contribution < -0.4 is 11.2 Å². The smallest absolute Gasteiger partial charge is 0.332 e. The lowest BCUT2D eigenvalue weighted by Crippen LogP contribution is -2.40. The first-order chi connectivity index (χ1) is 12.5. The van der Waals surface area contributed by atoms with Gasteiger partial charge < -0.3 is 5.11 Å². The number of aliphatic hydroxyl groups is 1. The van der Waals surface area contributed by atoms with E-state index in [1.54, 1.807) is 11.5 Å². The molecule has 0 aliphatic carbocycles. The Morgan fingerprint density at radius 1 is 1.12 bits per heavy atom. The Hall–Kier alpha value is -2.51. The zero-order valence-corrected chi connectivity index (χ0v) is 15.5. The molecule has 0 aliphatic heterocycles. The fourth-order valence-corrected chi connectivity index (χ4v) is 4.32. The van der Waals surface area contributed by atoms with Crippen molar-refractivity contribution >= 4 is 27.3 Å². The van der Waals surface area contributed by atoms with E-state index in [0.29, 0.717) is 33.6 Å². The van der Waals surface area contributed by atoms with E-state index in [-0.39, 0.29) is 18.9 Å². The number of benzene rings is 1. The monoisotopic (exact) mass is 372 g/mol. The van der Waals surface area contributed by atoms with Crippen LogP contribution in [-0.4, -0.2) is 26.6 Å². The lowest BCUT2D eigenvalue weighted by Gasteiger charge is -2.11. The van der Waals surface area contributed by atoms with Crippen molar-refractivity contribution in [2.24, 2.45) is 0 Å². The Morgan fingerprint density at radius 2 is 1.81 bits per heavy atom. The number of thiophene rings is 1. The van der Waals surface area contributed by atoms with Crippen LogP contribution in [0.1, 0.15) is 27.7 Å². The fraction of sp³-hybridized carbons (Fsp3) is 0.316. The number of hydrogen-bond donors (Lipinski definition) is 1. The molecule has 7 heteroatoms. The zero-order valence-electron chi connectivity index (χ0n) is 14.7. The number of hydrogen-bond acceptors (Lipinski definition) is 5. The number of aromatic nitrogens is 2. The van der Waals surface area contributed by atoms with E-state index in [1.165, 1.54) is 18.3 Å². The Morgan fingerprint density at radius 3 is 2.42 bits per heavy atom. The summed E-state index contributed by atoms with van der Waals surface area (Å²) in [6.45, 7) is 3.21. The van der Waals surface area contributed by atoms with Gasteiger partial charge in [-0.25, -0.2) is 4.79 Å². The second-order valence-electron chi connectivity index (χ2n) is 6.14. The third kappa shape index (κ3) is 3.15. The summed E-state index contributed by atoms with van der Waals surface area (Å²) < 4.78 is 2.60. The molecule has 6 nitrogen and oxygen atoms in total. The number of carbonyl (C=O) groups excluding carboxylic acids is 1. The van der Waals surface area contributed by atoms with Crippen LogP contribution in [0.15, 0.2) is 39.9 Å². The maximum atomic E-state index is 12.8. The van der Waals surface area contributed by atoms with Crippen LogP contribution >= 0.6 is 11.3 Å². The summed E-state index contributed by atoms with van der Waals surface area (Å²) in [4.78, 5) is 38.5. The molecule has 136 valence electrons. The Bertz CT molecular complexity index is 1080. The highest BCUT2D eigenvalue weighted by Gasteiger charge is 2.21. The number of fused-ring (bicyclic) bond motifs is 1. The van der Waals surface area contributed by atoms with Gasteiger partial charge in [0.1, 0.15) is 4.83 Å². The first-order valence-corrected chi connectivity index (χ1v) is 9.19. The van der Waals surface area contributed by atoms with Gasteiger partial charge in [0.2, 0.25) is 0 Å². The van der Waals surface area contributed by atoms with Gasteiger partial charge in [0.15, 0.2) is 5.78 Å². The molecular weight excluding hydrogens is 352 g/mol. The number of rotatable bonds is 6. The summed E-state index contributed by atoms with van der Waals surface area (Å²) in [5, 5.41) is 9.63. The van der Waals surface area contributed by atoms with E-state index in [0.717, 1.165) is 10.1 Å². The number of aryl methyl sites for hydroxylation is 3. The number of carbonyl (C=O) groups is 1. The van der Waals surface area contributed by atoms with Crippen molar-refractivity contribution in [1.82, 2.24) is 9.13 Å². The van der Waals surface area contributed by atoms with Crippen molar-refractivity contribution in [3.8, 4) is 0 Å². The summed E-state index contributed by atoms with van der Waals surface area (Å²) in [6, 6.07) is 9.75. The molecule has 2 heterocycles. The normalized spacial score (nSPS) is 11.2. The highest BCUT2D eigenvalue weighted by Crippen LogP contribution is 2.28. The second-order valence-corrected chi connectivity index (χ2v) is 7.14. The fourth-order valence-electron chi connectivity index (χ4n) is 3.11. The van der Waals surface area contributed by atoms with Crippen molar-refractivity contribution < 1.29 is 9.90 Å². The van der Waals surface area contributed by atoms with Crippen LogP contribution in [0, 0.1) is 6.92 Å².